The molecule has 33 heavy (non-hydrogen) atoms. The Bertz CT molecular complexity index is 1160. The van der Waals surface area contributed by atoms with Crippen LogP contribution in [-0.2, 0) is 11.3 Å². The third kappa shape index (κ3) is 3.70. The van der Waals surface area contributed by atoms with Crippen molar-refractivity contribution >= 4 is 5.91 Å². The molecule has 0 N–H and O–H groups in total. The molecule has 3 aliphatic heterocycles. The van der Waals surface area contributed by atoms with Crippen LogP contribution < -0.4 is 5.56 Å². The van der Waals surface area contributed by atoms with E-state index in [9.17, 15) is 9.59 Å². The highest BCUT2D eigenvalue weighted by molar-refractivity contribution is 5.80. The van der Waals surface area contributed by atoms with Crippen molar-refractivity contribution < 1.29 is 4.79 Å². The summed E-state index contributed by atoms with van der Waals surface area (Å²) >= 11 is 0. The monoisotopic (exact) mass is 439 g/mol. The number of piperidine rings is 1. The molecule has 1 aromatic heterocycles. The second-order valence-electron chi connectivity index (χ2n) is 9.82. The third-order valence-corrected chi connectivity index (χ3v) is 7.65. The summed E-state index contributed by atoms with van der Waals surface area (Å²) in [6.45, 7) is 3.81. The average molecular weight is 440 g/mol. The number of rotatable bonds is 4. The van der Waals surface area contributed by atoms with Crippen molar-refractivity contribution in [3.05, 3.63) is 106 Å². The smallest absolute Gasteiger partial charge is 0.250 e. The summed E-state index contributed by atoms with van der Waals surface area (Å²) in [7, 11) is 0. The van der Waals surface area contributed by atoms with Crippen LogP contribution >= 0.6 is 0 Å². The molecule has 5 heteroatoms. The number of aromatic nitrogens is 1. The molecule has 2 atom stereocenters. The zero-order chi connectivity index (χ0) is 22.4. The van der Waals surface area contributed by atoms with Crippen molar-refractivity contribution in [3.8, 4) is 0 Å². The Kier molecular flexibility index (Phi) is 5.14. The predicted molar refractivity (Wildman–Crippen MR) is 128 cm³/mol. The second kappa shape index (κ2) is 8.31. The van der Waals surface area contributed by atoms with Gasteiger partial charge >= 0.3 is 0 Å². The van der Waals surface area contributed by atoms with E-state index in [0.717, 1.165) is 44.8 Å². The molecule has 6 rings (SSSR count). The van der Waals surface area contributed by atoms with Crippen LogP contribution in [0.4, 0.5) is 0 Å². The van der Waals surface area contributed by atoms with Crippen molar-refractivity contribution in [2.24, 2.45) is 11.8 Å². The number of carbonyl (C=O) groups excluding carboxylic acids is 1. The van der Waals surface area contributed by atoms with Gasteiger partial charge in [0, 0.05) is 50.4 Å². The number of nitrogens with zero attached hydrogens (tertiary/aromatic N) is 3. The number of hydrogen-bond donors (Lipinski definition) is 0. The molecule has 2 saturated heterocycles. The first-order valence-electron chi connectivity index (χ1n) is 12.0. The van der Waals surface area contributed by atoms with Crippen LogP contribution in [0, 0.1) is 11.8 Å². The van der Waals surface area contributed by atoms with Gasteiger partial charge in [0.15, 0.2) is 0 Å². The lowest BCUT2D eigenvalue weighted by molar-refractivity contribution is -0.144. The van der Waals surface area contributed by atoms with Crippen LogP contribution in [0.1, 0.15) is 35.2 Å². The van der Waals surface area contributed by atoms with Crippen LogP contribution in [-0.4, -0.2) is 46.5 Å². The van der Waals surface area contributed by atoms with Crippen molar-refractivity contribution in [2.75, 3.05) is 26.2 Å². The number of amides is 1. The van der Waals surface area contributed by atoms with E-state index in [2.05, 4.69) is 64.4 Å². The van der Waals surface area contributed by atoms with Gasteiger partial charge in [-0.05, 0) is 29.5 Å². The number of carbonyl (C=O) groups is 1. The Morgan fingerprint density at radius 2 is 1.42 bits per heavy atom. The number of benzene rings is 2. The molecule has 0 saturated carbocycles. The highest BCUT2D eigenvalue weighted by atomic mass is 16.2. The maximum absolute atomic E-state index is 13.5. The van der Waals surface area contributed by atoms with Crippen LogP contribution in [0.3, 0.4) is 0 Å². The van der Waals surface area contributed by atoms with E-state index >= 15 is 0 Å². The summed E-state index contributed by atoms with van der Waals surface area (Å²) in [6.07, 6.45) is 1.08. The average Bonchev–Trinajstić information content (AvgIpc) is 2.82. The SMILES string of the molecule is O=C(C1CN(C(c2ccccc2)c2ccccc2)C1)N1C[C@H]2C[C@@H](C1)c1cccc(=O)n1C2. The molecule has 3 aliphatic rings. The summed E-state index contributed by atoms with van der Waals surface area (Å²) < 4.78 is 1.93. The quantitative estimate of drug-likeness (QED) is 0.625. The molecule has 4 heterocycles. The molecule has 2 bridgehead atoms. The second-order valence-corrected chi connectivity index (χ2v) is 9.82. The highest BCUT2D eigenvalue weighted by Crippen LogP contribution is 2.38. The van der Waals surface area contributed by atoms with Gasteiger partial charge in [-0.15, -0.1) is 0 Å². The minimum atomic E-state index is 0.0525. The lowest BCUT2D eigenvalue weighted by Crippen LogP contribution is -2.58. The van der Waals surface area contributed by atoms with E-state index in [1.807, 2.05) is 22.8 Å². The van der Waals surface area contributed by atoms with Gasteiger partial charge < -0.3 is 9.47 Å². The zero-order valence-electron chi connectivity index (χ0n) is 18.7. The molecule has 5 nitrogen and oxygen atoms in total. The lowest BCUT2D eigenvalue weighted by atomic mass is 9.82. The van der Waals surface area contributed by atoms with E-state index in [4.69, 9.17) is 0 Å². The minimum absolute atomic E-state index is 0.0525. The Hall–Kier alpha value is -3.18. The number of fused-ring (bicyclic) bond motifs is 4. The summed E-state index contributed by atoms with van der Waals surface area (Å²) in [5.74, 6) is 0.982. The summed E-state index contributed by atoms with van der Waals surface area (Å²) in [4.78, 5) is 30.3. The van der Waals surface area contributed by atoms with Crippen LogP contribution in [0.2, 0.25) is 0 Å². The zero-order valence-corrected chi connectivity index (χ0v) is 18.7. The molecule has 1 amide bonds. The van der Waals surface area contributed by atoms with E-state index in [1.165, 1.54) is 11.1 Å². The van der Waals surface area contributed by atoms with E-state index in [-0.39, 0.29) is 29.3 Å². The predicted octanol–water partition coefficient (Wildman–Crippen LogP) is 3.52. The van der Waals surface area contributed by atoms with Crippen LogP contribution in [0.15, 0.2) is 83.7 Å². The van der Waals surface area contributed by atoms with Crippen LogP contribution in [0.5, 0.6) is 0 Å². The number of likely N-dealkylation sites (tertiary alicyclic amines) is 2. The molecular weight excluding hydrogens is 410 g/mol. The van der Waals surface area contributed by atoms with Crippen molar-refractivity contribution in [3.63, 3.8) is 0 Å². The van der Waals surface area contributed by atoms with Gasteiger partial charge in [0.05, 0.1) is 12.0 Å². The summed E-state index contributed by atoms with van der Waals surface area (Å²) in [6, 6.07) is 26.9. The first-order chi connectivity index (χ1) is 16.2. The molecule has 168 valence electrons. The topological polar surface area (TPSA) is 45.6 Å². The fourth-order valence-corrected chi connectivity index (χ4v) is 6.10. The van der Waals surface area contributed by atoms with Crippen LogP contribution in [0.25, 0.3) is 0 Å². The third-order valence-electron chi connectivity index (χ3n) is 7.65. The first-order valence-corrected chi connectivity index (χ1v) is 12.0. The Labute approximate surface area is 194 Å². The van der Waals surface area contributed by atoms with Crippen molar-refractivity contribution in [1.29, 1.82) is 0 Å². The van der Waals surface area contributed by atoms with Gasteiger partial charge in [0.1, 0.15) is 0 Å². The molecule has 0 aliphatic carbocycles. The summed E-state index contributed by atoms with van der Waals surface area (Å²) in [5.41, 5.74) is 3.72. The van der Waals surface area contributed by atoms with Gasteiger partial charge in [0.25, 0.3) is 5.56 Å². The Balaban J connectivity index is 1.17. The minimum Gasteiger partial charge on any atom is -0.341 e. The van der Waals surface area contributed by atoms with E-state index in [0.29, 0.717) is 5.92 Å². The molecule has 0 unspecified atom stereocenters. The first kappa shape index (κ1) is 20.4. The van der Waals surface area contributed by atoms with Gasteiger partial charge in [-0.3, -0.25) is 14.5 Å². The fourth-order valence-electron chi connectivity index (χ4n) is 6.10. The Morgan fingerprint density at radius 1 is 0.758 bits per heavy atom. The largest absolute Gasteiger partial charge is 0.341 e. The molecular formula is C28H29N3O2. The molecule has 0 radical (unpaired) electrons. The van der Waals surface area contributed by atoms with Gasteiger partial charge in [-0.2, -0.15) is 0 Å². The fraction of sp³-hybridized carbons (Fsp3) is 0.357. The summed E-state index contributed by atoms with van der Waals surface area (Å²) in [5, 5.41) is 0. The van der Waals surface area contributed by atoms with E-state index < -0.39 is 0 Å². The standard InChI is InChI=1S/C28H29N3O2/c32-26-13-7-12-25-23-14-20(16-31(25)26)15-30(17-23)28(33)24-18-29(19-24)27(21-8-3-1-4-9-21)22-10-5-2-6-11-22/h1-13,20,23-24,27H,14-19H2/t20-,23+/m1/s1. The number of pyridine rings is 1. The van der Waals surface area contributed by atoms with E-state index in [1.54, 1.807) is 6.07 Å². The normalized spacial score (nSPS) is 22.6. The molecule has 2 fully saturated rings. The number of hydrogen-bond acceptors (Lipinski definition) is 3. The van der Waals surface area contributed by atoms with Crippen molar-refractivity contribution in [2.45, 2.75) is 24.9 Å². The van der Waals surface area contributed by atoms with Gasteiger partial charge in [0.2, 0.25) is 5.91 Å². The maximum atomic E-state index is 13.5. The molecule has 2 aromatic carbocycles. The maximum Gasteiger partial charge on any atom is 0.250 e. The van der Waals surface area contributed by atoms with Gasteiger partial charge in [-0.1, -0.05) is 66.7 Å². The van der Waals surface area contributed by atoms with Gasteiger partial charge in [-0.25, -0.2) is 0 Å². The highest BCUT2D eigenvalue weighted by Gasteiger charge is 2.43. The Morgan fingerprint density at radius 3 is 2.09 bits per heavy atom. The lowest BCUT2D eigenvalue weighted by Gasteiger charge is -2.48. The van der Waals surface area contributed by atoms with Crippen molar-refractivity contribution in [1.82, 2.24) is 14.4 Å². The molecule has 0 spiro atoms. The molecule has 3 aromatic rings.